The minimum atomic E-state index is 0.845. The van der Waals surface area contributed by atoms with Gasteiger partial charge < -0.3 is 5.21 Å². The van der Waals surface area contributed by atoms with Gasteiger partial charge in [-0.2, -0.15) is 5.06 Å². The Morgan fingerprint density at radius 1 is 0.625 bits per heavy atom. The monoisotopic (exact) mass is 231 g/mol. The summed E-state index contributed by atoms with van der Waals surface area (Å²) in [5, 5.41) is 10.8. The van der Waals surface area contributed by atoms with E-state index in [0.29, 0.717) is 0 Å². The average molecular weight is 231 g/mol. The molecule has 0 bridgehead atoms. The van der Waals surface area contributed by atoms with E-state index in [0.717, 1.165) is 25.9 Å². The molecule has 0 spiro atoms. The Balaban J connectivity index is 0. The van der Waals surface area contributed by atoms with Gasteiger partial charge in [0, 0.05) is 13.1 Å². The standard InChI is InChI=1S/C10H23NO.C4H10/c1-3-5-7-9-11(12)10-8-6-4-2;1-3-4-2/h12H,3-10H2,1-2H3;3-4H2,1-2H3. The van der Waals surface area contributed by atoms with Crippen molar-refractivity contribution in [2.45, 2.75) is 79.1 Å². The topological polar surface area (TPSA) is 23.5 Å². The van der Waals surface area contributed by atoms with Crippen LogP contribution in [0.15, 0.2) is 0 Å². The van der Waals surface area contributed by atoms with Gasteiger partial charge in [0.2, 0.25) is 0 Å². The Kier molecular flexibility index (Phi) is 19.8. The van der Waals surface area contributed by atoms with Crippen molar-refractivity contribution >= 4 is 0 Å². The molecule has 0 aliphatic heterocycles. The molecule has 0 heterocycles. The molecule has 0 aliphatic carbocycles. The van der Waals surface area contributed by atoms with Crippen molar-refractivity contribution in [3.63, 3.8) is 0 Å². The largest absolute Gasteiger partial charge is 0.314 e. The van der Waals surface area contributed by atoms with Gasteiger partial charge in [-0.05, 0) is 12.8 Å². The summed E-state index contributed by atoms with van der Waals surface area (Å²) in [6, 6.07) is 0. The van der Waals surface area contributed by atoms with Crippen LogP contribution in [-0.4, -0.2) is 23.4 Å². The normalized spacial score (nSPS) is 10.1. The van der Waals surface area contributed by atoms with Gasteiger partial charge in [-0.25, -0.2) is 0 Å². The Hall–Kier alpha value is -0.0800. The van der Waals surface area contributed by atoms with Gasteiger partial charge >= 0.3 is 0 Å². The van der Waals surface area contributed by atoms with Crippen molar-refractivity contribution < 1.29 is 5.21 Å². The van der Waals surface area contributed by atoms with Crippen molar-refractivity contribution in [3.8, 4) is 0 Å². The first-order valence-electron chi connectivity index (χ1n) is 7.16. The van der Waals surface area contributed by atoms with Gasteiger partial charge in [-0.15, -0.1) is 0 Å². The van der Waals surface area contributed by atoms with Gasteiger partial charge in [0.1, 0.15) is 0 Å². The fourth-order valence-corrected chi connectivity index (χ4v) is 1.20. The first-order chi connectivity index (χ1) is 7.72. The maximum Gasteiger partial charge on any atom is 0.0238 e. The molecule has 0 saturated carbocycles. The zero-order valence-corrected chi connectivity index (χ0v) is 12.0. The lowest BCUT2D eigenvalue weighted by Crippen LogP contribution is -2.21. The molecule has 0 aromatic carbocycles. The molecule has 100 valence electrons. The summed E-state index contributed by atoms with van der Waals surface area (Å²) in [5.74, 6) is 0. The number of unbranched alkanes of at least 4 members (excludes halogenated alkanes) is 5. The molecular formula is C14H33NO. The molecule has 0 saturated heterocycles. The molecule has 0 aromatic rings. The lowest BCUT2D eigenvalue weighted by atomic mass is 10.2. The molecule has 0 aliphatic rings. The number of rotatable bonds is 9. The van der Waals surface area contributed by atoms with E-state index in [2.05, 4.69) is 27.7 Å². The predicted molar refractivity (Wildman–Crippen MR) is 73.0 cm³/mol. The van der Waals surface area contributed by atoms with E-state index >= 15 is 0 Å². The molecule has 16 heavy (non-hydrogen) atoms. The molecule has 1 N–H and O–H groups in total. The van der Waals surface area contributed by atoms with Crippen LogP contribution in [0.25, 0.3) is 0 Å². The second-order valence-electron chi connectivity index (χ2n) is 4.37. The highest BCUT2D eigenvalue weighted by Gasteiger charge is 1.98. The maximum atomic E-state index is 9.34. The predicted octanol–water partition coefficient (Wildman–Crippen LogP) is 4.86. The highest BCUT2D eigenvalue weighted by molar-refractivity contribution is 4.47. The fraction of sp³-hybridized carbons (Fsp3) is 1.00. The van der Waals surface area contributed by atoms with E-state index in [1.54, 1.807) is 0 Å². The second-order valence-corrected chi connectivity index (χ2v) is 4.37. The van der Waals surface area contributed by atoms with Crippen LogP contribution in [0.4, 0.5) is 0 Å². The smallest absolute Gasteiger partial charge is 0.0238 e. The van der Waals surface area contributed by atoms with Gasteiger partial charge in [-0.1, -0.05) is 66.2 Å². The van der Waals surface area contributed by atoms with Crippen LogP contribution in [0.3, 0.4) is 0 Å². The van der Waals surface area contributed by atoms with Crippen LogP contribution >= 0.6 is 0 Å². The van der Waals surface area contributed by atoms with Crippen LogP contribution in [0.2, 0.25) is 0 Å². The minimum Gasteiger partial charge on any atom is -0.314 e. The molecule has 0 aromatic heterocycles. The number of hydrogen-bond acceptors (Lipinski definition) is 2. The van der Waals surface area contributed by atoms with Crippen LogP contribution in [-0.2, 0) is 0 Å². The first-order valence-corrected chi connectivity index (χ1v) is 7.16. The summed E-state index contributed by atoms with van der Waals surface area (Å²) in [6.45, 7) is 10.4. The second kappa shape index (κ2) is 17.3. The summed E-state index contributed by atoms with van der Waals surface area (Å²) in [7, 11) is 0. The quantitative estimate of drug-likeness (QED) is 0.452. The van der Waals surface area contributed by atoms with Crippen LogP contribution < -0.4 is 0 Å². The molecular weight excluding hydrogens is 198 g/mol. The van der Waals surface area contributed by atoms with Crippen LogP contribution in [0, 0.1) is 0 Å². The van der Waals surface area contributed by atoms with Crippen LogP contribution in [0.5, 0.6) is 0 Å². The third-order valence-corrected chi connectivity index (χ3v) is 2.54. The molecule has 0 unspecified atom stereocenters. The Bertz CT molecular complexity index is 94.9. The summed E-state index contributed by atoms with van der Waals surface area (Å²) in [4.78, 5) is 0. The highest BCUT2D eigenvalue weighted by atomic mass is 16.5. The Morgan fingerprint density at radius 3 is 1.25 bits per heavy atom. The molecule has 0 amide bonds. The number of nitrogens with zero attached hydrogens (tertiary/aromatic N) is 1. The van der Waals surface area contributed by atoms with E-state index in [-0.39, 0.29) is 0 Å². The van der Waals surface area contributed by atoms with Gasteiger partial charge in [0.05, 0.1) is 0 Å². The van der Waals surface area contributed by atoms with Crippen molar-refractivity contribution in [3.05, 3.63) is 0 Å². The minimum absolute atomic E-state index is 0.845. The zero-order chi connectivity index (χ0) is 12.6. The highest BCUT2D eigenvalue weighted by Crippen LogP contribution is 1.99. The van der Waals surface area contributed by atoms with E-state index in [1.165, 1.54) is 43.6 Å². The third-order valence-electron chi connectivity index (χ3n) is 2.54. The number of hydroxylamine groups is 2. The molecule has 2 nitrogen and oxygen atoms in total. The summed E-state index contributed by atoms with van der Waals surface area (Å²) in [5.41, 5.74) is 0. The molecule has 0 fully saturated rings. The summed E-state index contributed by atoms with van der Waals surface area (Å²) in [6.07, 6.45) is 9.79. The van der Waals surface area contributed by atoms with E-state index in [4.69, 9.17) is 0 Å². The van der Waals surface area contributed by atoms with Crippen molar-refractivity contribution in [2.24, 2.45) is 0 Å². The zero-order valence-electron chi connectivity index (χ0n) is 12.0. The van der Waals surface area contributed by atoms with Gasteiger partial charge in [0.15, 0.2) is 0 Å². The van der Waals surface area contributed by atoms with Crippen molar-refractivity contribution in [2.75, 3.05) is 13.1 Å². The third kappa shape index (κ3) is 19.5. The van der Waals surface area contributed by atoms with Gasteiger partial charge in [0.25, 0.3) is 0 Å². The maximum absolute atomic E-state index is 9.34. The SMILES string of the molecule is CCCC.CCCCCN(O)CCCCC. The lowest BCUT2D eigenvalue weighted by Gasteiger charge is -2.13. The first kappa shape index (κ1) is 18.3. The van der Waals surface area contributed by atoms with E-state index in [9.17, 15) is 5.21 Å². The lowest BCUT2D eigenvalue weighted by molar-refractivity contribution is -0.0923. The average Bonchev–Trinajstić information content (AvgIpc) is 2.30. The fourth-order valence-electron chi connectivity index (χ4n) is 1.20. The molecule has 0 radical (unpaired) electrons. The van der Waals surface area contributed by atoms with Crippen LogP contribution in [0.1, 0.15) is 79.1 Å². The number of hydrogen-bond donors (Lipinski definition) is 1. The van der Waals surface area contributed by atoms with Gasteiger partial charge in [-0.3, -0.25) is 0 Å². The van der Waals surface area contributed by atoms with E-state index in [1.807, 2.05) is 0 Å². The van der Waals surface area contributed by atoms with Crippen molar-refractivity contribution in [1.29, 1.82) is 0 Å². The molecule has 0 atom stereocenters. The van der Waals surface area contributed by atoms with Crippen molar-refractivity contribution in [1.82, 2.24) is 5.06 Å². The Morgan fingerprint density at radius 2 is 1.00 bits per heavy atom. The molecule has 0 rings (SSSR count). The Labute approximate surface area is 103 Å². The molecule has 2 heteroatoms. The van der Waals surface area contributed by atoms with E-state index < -0.39 is 0 Å². The summed E-state index contributed by atoms with van der Waals surface area (Å²) < 4.78 is 0. The summed E-state index contributed by atoms with van der Waals surface area (Å²) >= 11 is 0.